The minimum Gasteiger partial charge on any atom is -0.357 e. The number of para-hydroxylation sites is 1. The van der Waals surface area contributed by atoms with E-state index in [-0.39, 0.29) is 24.1 Å². The highest BCUT2D eigenvalue weighted by molar-refractivity contribution is 8.23. The van der Waals surface area contributed by atoms with Gasteiger partial charge in [-0.25, -0.2) is 0 Å². The Morgan fingerprint density at radius 3 is 2.63 bits per heavy atom. The van der Waals surface area contributed by atoms with Crippen LogP contribution in [0.5, 0.6) is 0 Å². The van der Waals surface area contributed by atoms with E-state index in [9.17, 15) is 9.59 Å². The second-order valence-electron chi connectivity index (χ2n) is 7.31. The van der Waals surface area contributed by atoms with Crippen LogP contribution in [0.15, 0.2) is 18.2 Å². The van der Waals surface area contributed by atoms with Crippen LogP contribution < -0.4 is 5.32 Å². The molecule has 148 valence electrons. The van der Waals surface area contributed by atoms with E-state index in [4.69, 9.17) is 12.2 Å². The summed E-state index contributed by atoms with van der Waals surface area (Å²) in [7, 11) is 1.65. The van der Waals surface area contributed by atoms with Crippen LogP contribution in [0.2, 0.25) is 0 Å². The third-order valence-electron chi connectivity index (χ3n) is 4.79. The molecule has 1 aromatic rings. The lowest BCUT2D eigenvalue weighted by Crippen LogP contribution is -2.39. The highest BCUT2D eigenvalue weighted by atomic mass is 32.2. The number of nitrogens with one attached hydrogen (secondary N) is 1. The lowest BCUT2D eigenvalue weighted by Gasteiger charge is -2.32. The van der Waals surface area contributed by atoms with Crippen molar-refractivity contribution in [1.29, 1.82) is 0 Å². The predicted octanol–water partition coefficient (Wildman–Crippen LogP) is 3.45. The number of anilines is 1. The summed E-state index contributed by atoms with van der Waals surface area (Å²) >= 11 is 6.87. The van der Waals surface area contributed by atoms with Gasteiger partial charge in [0, 0.05) is 25.8 Å². The fourth-order valence-corrected chi connectivity index (χ4v) is 4.33. The molecule has 1 N–H and O–H groups in total. The molecule has 27 heavy (non-hydrogen) atoms. The van der Waals surface area contributed by atoms with E-state index in [1.165, 1.54) is 23.1 Å². The van der Waals surface area contributed by atoms with Gasteiger partial charge in [-0.05, 0) is 43.7 Å². The Balaban J connectivity index is 1.79. The number of hydrogen-bond acceptors (Lipinski definition) is 4. The number of aryl methyl sites for hydroxylation is 2. The second-order valence-corrected chi connectivity index (χ2v) is 8.92. The van der Waals surface area contributed by atoms with Crippen molar-refractivity contribution in [3.05, 3.63) is 29.3 Å². The molecule has 1 aliphatic heterocycles. The van der Waals surface area contributed by atoms with E-state index in [1.54, 1.807) is 7.05 Å². The first-order valence-electron chi connectivity index (χ1n) is 9.29. The summed E-state index contributed by atoms with van der Waals surface area (Å²) in [5.41, 5.74) is 2.83. The Hall–Kier alpha value is -1.60. The molecule has 7 heteroatoms. The fraction of sp³-hybridized carbons (Fsp3) is 0.550. The predicted molar refractivity (Wildman–Crippen MR) is 117 cm³/mol. The Morgan fingerprint density at radius 1 is 1.33 bits per heavy atom. The third kappa shape index (κ3) is 6.50. The molecule has 2 amide bonds. The molecule has 5 nitrogen and oxygen atoms in total. The summed E-state index contributed by atoms with van der Waals surface area (Å²) in [5, 5.41) is 2.91. The standard InChI is InChI=1S/C20H29N3O2S2/c1-14-7-6-10-23(11-14)20(26)27-13-18(25)22(4)12-17(24)21-19-15(2)8-5-9-16(19)3/h5,8-9,14H,6-7,10-13H2,1-4H3,(H,21,24)/t14-/m0/s1. The molecule has 1 saturated heterocycles. The summed E-state index contributed by atoms with van der Waals surface area (Å²) < 4.78 is 0.781. The molecule has 0 unspecified atom stereocenters. The minimum atomic E-state index is -0.194. The van der Waals surface area contributed by atoms with Crippen molar-refractivity contribution in [2.75, 3.05) is 37.8 Å². The number of hydrogen-bond donors (Lipinski definition) is 1. The van der Waals surface area contributed by atoms with Crippen LogP contribution in [-0.4, -0.2) is 58.4 Å². The van der Waals surface area contributed by atoms with E-state index < -0.39 is 0 Å². The summed E-state index contributed by atoms with van der Waals surface area (Å²) in [6.07, 6.45) is 2.38. The lowest BCUT2D eigenvalue weighted by molar-refractivity contribution is -0.131. The molecule has 0 bridgehead atoms. The van der Waals surface area contributed by atoms with Gasteiger partial charge in [0.15, 0.2) is 0 Å². The van der Waals surface area contributed by atoms with Gasteiger partial charge in [-0.1, -0.05) is 49.1 Å². The van der Waals surface area contributed by atoms with Crippen LogP contribution in [0.4, 0.5) is 5.69 Å². The van der Waals surface area contributed by atoms with Gasteiger partial charge in [-0.3, -0.25) is 9.59 Å². The molecule has 0 saturated carbocycles. The fourth-order valence-electron chi connectivity index (χ4n) is 3.17. The molecule has 1 aliphatic rings. The molecule has 0 radical (unpaired) electrons. The number of piperidine rings is 1. The largest absolute Gasteiger partial charge is 0.357 e. The first-order valence-corrected chi connectivity index (χ1v) is 10.7. The maximum atomic E-state index is 12.4. The summed E-state index contributed by atoms with van der Waals surface area (Å²) in [4.78, 5) is 28.3. The van der Waals surface area contributed by atoms with E-state index in [1.807, 2.05) is 32.0 Å². The minimum absolute atomic E-state index is 0.0285. The highest BCUT2D eigenvalue weighted by Gasteiger charge is 2.20. The molecule has 0 aromatic heterocycles. The van der Waals surface area contributed by atoms with Crippen molar-refractivity contribution >= 4 is 45.8 Å². The van der Waals surface area contributed by atoms with Crippen LogP contribution in [0, 0.1) is 19.8 Å². The Morgan fingerprint density at radius 2 is 2.00 bits per heavy atom. The number of rotatable bonds is 5. The molecule has 1 heterocycles. The van der Waals surface area contributed by atoms with Crippen LogP contribution in [0.25, 0.3) is 0 Å². The van der Waals surface area contributed by atoms with Gasteiger partial charge in [-0.2, -0.15) is 0 Å². The number of carbonyl (C=O) groups is 2. The first kappa shape index (κ1) is 21.7. The smallest absolute Gasteiger partial charge is 0.243 e. The summed E-state index contributed by atoms with van der Waals surface area (Å²) in [5.74, 6) is 0.616. The normalized spacial score (nSPS) is 16.7. The Bertz CT molecular complexity index is 688. The van der Waals surface area contributed by atoms with Crippen molar-refractivity contribution in [3.8, 4) is 0 Å². The van der Waals surface area contributed by atoms with Gasteiger partial charge < -0.3 is 15.1 Å². The van der Waals surface area contributed by atoms with E-state index in [0.29, 0.717) is 5.92 Å². The summed E-state index contributed by atoms with van der Waals surface area (Å²) in [6.45, 7) is 8.10. The number of thiocarbonyl (C=S) groups is 1. The number of likely N-dealkylation sites (N-methyl/N-ethyl adjacent to an activating group) is 1. The van der Waals surface area contributed by atoms with Gasteiger partial charge in [0.1, 0.15) is 4.32 Å². The molecule has 2 rings (SSSR count). The SMILES string of the molecule is Cc1cccc(C)c1NC(=O)CN(C)C(=O)CSC(=S)N1CCC[C@H](C)C1. The van der Waals surface area contributed by atoms with Crippen molar-refractivity contribution in [1.82, 2.24) is 9.80 Å². The van der Waals surface area contributed by atoms with Crippen molar-refractivity contribution in [2.24, 2.45) is 5.92 Å². The van der Waals surface area contributed by atoms with Gasteiger partial charge in [0.25, 0.3) is 0 Å². The molecular formula is C20H29N3O2S2. The number of thioether (sulfide) groups is 1. The quantitative estimate of drug-likeness (QED) is 0.758. The number of likely N-dealkylation sites (tertiary alicyclic amines) is 1. The molecular weight excluding hydrogens is 378 g/mol. The molecule has 0 spiro atoms. The number of benzene rings is 1. The van der Waals surface area contributed by atoms with Gasteiger partial charge in [0.2, 0.25) is 11.8 Å². The van der Waals surface area contributed by atoms with Crippen molar-refractivity contribution < 1.29 is 9.59 Å². The van der Waals surface area contributed by atoms with E-state index in [2.05, 4.69) is 17.1 Å². The first-order chi connectivity index (χ1) is 12.8. The van der Waals surface area contributed by atoms with E-state index in [0.717, 1.165) is 40.6 Å². The van der Waals surface area contributed by atoms with Gasteiger partial charge in [0.05, 0.1) is 12.3 Å². The molecule has 1 atom stereocenters. The number of amides is 2. The third-order valence-corrected chi connectivity index (χ3v) is 6.29. The van der Waals surface area contributed by atoms with Gasteiger partial charge >= 0.3 is 0 Å². The molecule has 1 aromatic carbocycles. The summed E-state index contributed by atoms with van der Waals surface area (Å²) in [6, 6.07) is 5.87. The van der Waals surface area contributed by atoms with Crippen LogP contribution in [0.3, 0.4) is 0 Å². The second kappa shape index (κ2) is 10.1. The number of nitrogens with zero attached hydrogens (tertiary/aromatic N) is 2. The molecule has 1 fully saturated rings. The zero-order valence-electron chi connectivity index (χ0n) is 16.6. The number of carbonyl (C=O) groups excluding carboxylic acids is 2. The zero-order chi connectivity index (χ0) is 20.0. The molecule has 0 aliphatic carbocycles. The van der Waals surface area contributed by atoms with Crippen molar-refractivity contribution in [3.63, 3.8) is 0 Å². The maximum absolute atomic E-state index is 12.4. The van der Waals surface area contributed by atoms with E-state index >= 15 is 0 Å². The van der Waals surface area contributed by atoms with Crippen LogP contribution in [0.1, 0.15) is 30.9 Å². The van der Waals surface area contributed by atoms with Crippen LogP contribution >= 0.6 is 24.0 Å². The Labute approximate surface area is 171 Å². The Kier molecular flexibility index (Phi) is 8.10. The maximum Gasteiger partial charge on any atom is 0.243 e. The monoisotopic (exact) mass is 407 g/mol. The highest BCUT2D eigenvalue weighted by Crippen LogP contribution is 2.21. The van der Waals surface area contributed by atoms with Crippen molar-refractivity contribution in [2.45, 2.75) is 33.6 Å². The van der Waals surface area contributed by atoms with Crippen LogP contribution in [-0.2, 0) is 9.59 Å². The average molecular weight is 408 g/mol. The average Bonchev–Trinajstić information content (AvgIpc) is 2.62. The van der Waals surface area contributed by atoms with Gasteiger partial charge in [-0.15, -0.1) is 0 Å². The lowest BCUT2D eigenvalue weighted by atomic mass is 10.0. The topological polar surface area (TPSA) is 52.7 Å². The zero-order valence-corrected chi connectivity index (χ0v) is 18.2.